The number of pyridine rings is 1. The zero-order valence-electron chi connectivity index (χ0n) is 14.7. The third-order valence-electron chi connectivity index (χ3n) is 3.88. The highest BCUT2D eigenvalue weighted by atomic mass is 19.4. The molecule has 2 aromatic carbocycles. The van der Waals surface area contributed by atoms with Crippen LogP contribution in [0.2, 0.25) is 0 Å². The van der Waals surface area contributed by atoms with Gasteiger partial charge >= 0.3 is 6.18 Å². The molecule has 5 nitrogen and oxygen atoms in total. The summed E-state index contributed by atoms with van der Waals surface area (Å²) in [6.45, 7) is 0. The highest BCUT2D eigenvalue weighted by molar-refractivity contribution is 6.07. The van der Waals surface area contributed by atoms with Gasteiger partial charge in [0.2, 0.25) is 0 Å². The van der Waals surface area contributed by atoms with Gasteiger partial charge in [-0.15, -0.1) is 0 Å². The lowest BCUT2D eigenvalue weighted by Crippen LogP contribution is -2.15. The summed E-state index contributed by atoms with van der Waals surface area (Å²) >= 11 is 0. The number of hydrogen-bond acceptors (Lipinski definition) is 4. The van der Waals surface area contributed by atoms with Gasteiger partial charge in [0.15, 0.2) is 0 Å². The SMILES string of the molecule is COc1ccccc1Nc1ncccc1C(=O)Nc1ccc(C(F)(F)F)cc1. The van der Waals surface area contributed by atoms with Crippen LogP contribution in [-0.2, 0) is 6.18 Å². The molecule has 0 atom stereocenters. The van der Waals surface area contributed by atoms with Crippen LogP contribution in [0.1, 0.15) is 15.9 Å². The molecule has 0 aliphatic heterocycles. The molecule has 0 aliphatic rings. The van der Waals surface area contributed by atoms with E-state index in [0.29, 0.717) is 11.4 Å². The Labute approximate surface area is 159 Å². The number of nitrogens with zero attached hydrogens (tertiary/aromatic N) is 1. The summed E-state index contributed by atoms with van der Waals surface area (Å²) < 4.78 is 43.2. The van der Waals surface area contributed by atoms with Crippen LogP contribution in [0.5, 0.6) is 5.75 Å². The summed E-state index contributed by atoms with van der Waals surface area (Å²) in [6, 6.07) is 14.5. The van der Waals surface area contributed by atoms with Crippen molar-refractivity contribution < 1.29 is 22.7 Å². The lowest BCUT2D eigenvalue weighted by molar-refractivity contribution is -0.137. The smallest absolute Gasteiger partial charge is 0.416 e. The number of alkyl halides is 3. The summed E-state index contributed by atoms with van der Waals surface area (Å²) in [5, 5.41) is 5.62. The van der Waals surface area contributed by atoms with Gasteiger partial charge in [-0.2, -0.15) is 13.2 Å². The van der Waals surface area contributed by atoms with E-state index in [0.717, 1.165) is 12.1 Å². The second kappa shape index (κ2) is 7.99. The Kier molecular flexibility index (Phi) is 5.49. The van der Waals surface area contributed by atoms with Gasteiger partial charge in [-0.1, -0.05) is 12.1 Å². The average Bonchev–Trinajstić information content (AvgIpc) is 2.68. The van der Waals surface area contributed by atoms with Gasteiger partial charge in [0.25, 0.3) is 5.91 Å². The number of methoxy groups -OCH3 is 1. The predicted molar refractivity (Wildman–Crippen MR) is 99.9 cm³/mol. The summed E-state index contributed by atoms with van der Waals surface area (Å²) in [5.74, 6) is 0.351. The first-order valence-electron chi connectivity index (χ1n) is 8.22. The van der Waals surface area contributed by atoms with Crippen molar-refractivity contribution >= 4 is 23.1 Å². The third kappa shape index (κ3) is 4.40. The van der Waals surface area contributed by atoms with E-state index >= 15 is 0 Å². The summed E-state index contributed by atoms with van der Waals surface area (Å²) in [6.07, 6.45) is -2.91. The van der Waals surface area contributed by atoms with Crippen LogP contribution in [0.15, 0.2) is 66.9 Å². The highest BCUT2D eigenvalue weighted by Gasteiger charge is 2.30. The standard InChI is InChI=1S/C20H16F3N3O2/c1-28-17-7-3-2-6-16(17)26-18-15(5-4-12-24-18)19(27)25-14-10-8-13(9-11-14)20(21,22)23/h2-12H,1H3,(H,24,26)(H,25,27). The van der Waals surface area contributed by atoms with Crippen molar-refractivity contribution in [1.29, 1.82) is 0 Å². The number of ether oxygens (including phenoxy) is 1. The first-order valence-corrected chi connectivity index (χ1v) is 8.22. The molecule has 3 rings (SSSR count). The molecule has 144 valence electrons. The van der Waals surface area contributed by atoms with Crippen LogP contribution in [-0.4, -0.2) is 18.0 Å². The Morgan fingerprint density at radius 3 is 2.39 bits per heavy atom. The molecule has 0 saturated heterocycles. The molecule has 8 heteroatoms. The van der Waals surface area contributed by atoms with E-state index in [9.17, 15) is 18.0 Å². The lowest BCUT2D eigenvalue weighted by Gasteiger charge is -2.14. The zero-order chi connectivity index (χ0) is 20.1. The molecule has 0 bridgehead atoms. The van der Waals surface area contributed by atoms with E-state index in [1.165, 1.54) is 25.4 Å². The van der Waals surface area contributed by atoms with E-state index in [4.69, 9.17) is 4.74 Å². The Morgan fingerprint density at radius 2 is 1.71 bits per heavy atom. The molecule has 0 saturated carbocycles. The van der Waals surface area contributed by atoms with Gasteiger partial charge in [-0.05, 0) is 48.5 Å². The quantitative estimate of drug-likeness (QED) is 0.639. The number of para-hydroxylation sites is 2. The van der Waals surface area contributed by atoms with Gasteiger partial charge in [0, 0.05) is 11.9 Å². The summed E-state index contributed by atoms with van der Waals surface area (Å²) in [5.41, 5.74) is 0.302. The molecule has 1 aromatic heterocycles. The van der Waals surface area contributed by atoms with Crippen LogP contribution in [0, 0.1) is 0 Å². The number of carbonyl (C=O) groups is 1. The Bertz CT molecular complexity index is 973. The topological polar surface area (TPSA) is 63.2 Å². The van der Waals surface area contributed by atoms with E-state index in [1.54, 1.807) is 36.4 Å². The number of aromatic nitrogens is 1. The molecule has 0 unspecified atom stereocenters. The Hall–Kier alpha value is -3.55. The maximum atomic E-state index is 12.7. The zero-order valence-corrected chi connectivity index (χ0v) is 14.7. The van der Waals surface area contributed by atoms with Crippen molar-refractivity contribution in [3.63, 3.8) is 0 Å². The maximum absolute atomic E-state index is 12.7. The number of hydrogen-bond donors (Lipinski definition) is 2. The van der Waals surface area contributed by atoms with Gasteiger partial charge in [0.1, 0.15) is 11.6 Å². The second-order valence-electron chi connectivity index (χ2n) is 5.75. The molecule has 1 amide bonds. The first kappa shape index (κ1) is 19.2. The maximum Gasteiger partial charge on any atom is 0.416 e. The molecular weight excluding hydrogens is 371 g/mol. The number of halogens is 3. The van der Waals surface area contributed by atoms with Gasteiger partial charge < -0.3 is 15.4 Å². The Balaban J connectivity index is 1.81. The number of carbonyl (C=O) groups excluding carboxylic acids is 1. The molecule has 28 heavy (non-hydrogen) atoms. The number of anilines is 3. The van der Waals surface area contributed by atoms with Gasteiger partial charge in [-0.3, -0.25) is 4.79 Å². The number of benzene rings is 2. The number of nitrogens with one attached hydrogen (secondary N) is 2. The van der Waals surface area contributed by atoms with Crippen molar-refractivity contribution in [2.45, 2.75) is 6.18 Å². The van der Waals surface area contributed by atoms with Crippen molar-refractivity contribution in [2.24, 2.45) is 0 Å². The first-order chi connectivity index (χ1) is 13.4. The van der Waals surface area contributed by atoms with Gasteiger partial charge in [-0.25, -0.2) is 4.98 Å². The largest absolute Gasteiger partial charge is 0.495 e. The van der Waals surface area contributed by atoms with Crippen molar-refractivity contribution in [3.8, 4) is 5.75 Å². The van der Waals surface area contributed by atoms with Crippen molar-refractivity contribution in [3.05, 3.63) is 78.0 Å². The van der Waals surface area contributed by atoms with E-state index in [-0.39, 0.29) is 17.1 Å². The molecule has 1 heterocycles. The molecular formula is C20H16F3N3O2. The molecule has 0 aliphatic carbocycles. The number of amides is 1. The molecule has 0 spiro atoms. The predicted octanol–water partition coefficient (Wildman–Crippen LogP) is 5.10. The minimum absolute atomic E-state index is 0.230. The normalized spacial score (nSPS) is 11.0. The number of rotatable bonds is 5. The van der Waals surface area contributed by atoms with E-state index < -0.39 is 17.6 Å². The average molecular weight is 387 g/mol. The van der Waals surface area contributed by atoms with Crippen molar-refractivity contribution in [1.82, 2.24) is 4.98 Å². The molecule has 0 fully saturated rings. The van der Waals surface area contributed by atoms with Crippen LogP contribution in [0.25, 0.3) is 0 Å². The fourth-order valence-electron chi connectivity index (χ4n) is 2.50. The van der Waals surface area contributed by atoms with Crippen LogP contribution in [0.4, 0.5) is 30.4 Å². The van der Waals surface area contributed by atoms with E-state index in [2.05, 4.69) is 15.6 Å². The van der Waals surface area contributed by atoms with Crippen LogP contribution >= 0.6 is 0 Å². The van der Waals surface area contributed by atoms with Crippen LogP contribution in [0.3, 0.4) is 0 Å². The monoisotopic (exact) mass is 387 g/mol. The van der Waals surface area contributed by atoms with Crippen molar-refractivity contribution in [2.75, 3.05) is 17.7 Å². The van der Waals surface area contributed by atoms with Crippen LogP contribution < -0.4 is 15.4 Å². The van der Waals surface area contributed by atoms with E-state index in [1.807, 2.05) is 0 Å². The molecule has 3 aromatic rings. The molecule has 0 radical (unpaired) electrons. The Morgan fingerprint density at radius 1 is 1.00 bits per heavy atom. The molecule has 2 N–H and O–H groups in total. The highest BCUT2D eigenvalue weighted by Crippen LogP contribution is 2.30. The third-order valence-corrected chi connectivity index (χ3v) is 3.88. The fraction of sp³-hybridized carbons (Fsp3) is 0.100. The minimum atomic E-state index is -4.43. The summed E-state index contributed by atoms with van der Waals surface area (Å²) in [4.78, 5) is 16.8. The second-order valence-corrected chi connectivity index (χ2v) is 5.75. The fourth-order valence-corrected chi connectivity index (χ4v) is 2.50. The van der Waals surface area contributed by atoms with Gasteiger partial charge in [0.05, 0.1) is 23.9 Å². The minimum Gasteiger partial charge on any atom is -0.495 e. The lowest BCUT2D eigenvalue weighted by atomic mass is 10.2. The summed E-state index contributed by atoms with van der Waals surface area (Å²) in [7, 11) is 1.52.